The Bertz CT molecular complexity index is 590. The fourth-order valence-corrected chi connectivity index (χ4v) is 3.74. The molecular formula is C20H28N2O3. The van der Waals surface area contributed by atoms with E-state index in [4.69, 9.17) is 4.74 Å². The lowest BCUT2D eigenvalue weighted by Gasteiger charge is -2.14. The van der Waals surface area contributed by atoms with E-state index in [2.05, 4.69) is 10.6 Å². The molecule has 1 unspecified atom stereocenters. The van der Waals surface area contributed by atoms with Crippen LogP contribution in [-0.2, 0) is 9.53 Å². The summed E-state index contributed by atoms with van der Waals surface area (Å²) in [5.41, 5.74) is 1.10. The Labute approximate surface area is 149 Å². The third-order valence-corrected chi connectivity index (χ3v) is 5.21. The highest BCUT2D eigenvalue weighted by molar-refractivity contribution is 6.03. The van der Waals surface area contributed by atoms with Crippen molar-refractivity contribution in [2.75, 3.05) is 18.5 Å². The number of hydrogen-bond donors (Lipinski definition) is 2. The minimum Gasteiger partial charge on any atom is -0.376 e. The predicted octanol–water partition coefficient (Wildman–Crippen LogP) is 3.50. The van der Waals surface area contributed by atoms with E-state index in [0.29, 0.717) is 30.1 Å². The van der Waals surface area contributed by atoms with Gasteiger partial charge in [0.2, 0.25) is 5.91 Å². The van der Waals surface area contributed by atoms with Crippen LogP contribution in [-0.4, -0.2) is 31.1 Å². The van der Waals surface area contributed by atoms with E-state index in [0.717, 1.165) is 25.9 Å². The average molecular weight is 344 g/mol. The van der Waals surface area contributed by atoms with Crippen molar-refractivity contribution >= 4 is 17.5 Å². The second-order valence-corrected chi connectivity index (χ2v) is 7.13. The Hall–Kier alpha value is -1.88. The average Bonchev–Trinajstić information content (AvgIpc) is 3.32. The summed E-state index contributed by atoms with van der Waals surface area (Å²) in [5, 5.41) is 5.83. The quantitative estimate of drug-likeness (QED) is 0.795. The van der Waals surface area contributed by atoms with Crippen LogP contribution in [0.1, 0.15) is 61.7 Å². The third kappa shape index (κ3) is 5.30. The number of nitrogens with one attached hydrogen (secondary N) is 2. The largest absolute Gasteiger partial charge is 0.376 e. The molecular weight excluding hydrogens is 316 g/mol. The van der Waals surface area contributed by atoms with Crippen LogP contribution < -0.4 is 10.6 Å². The lowest BCUT2D eigenvalue weighted by molar-refractivity contribution is -0.116. The van der Waals surface area contributed by atoms with Crippen molar-refractivity contribution in [2.45, 2.75) is 57.5 Å². The second kappa shape index (κ2) is 8.99. The fourth-order valence-electron chi connectivity index (χ4n) is 3.74. The predicted molar refractivity (Wildman–Crippen MR) is 97.6 cm³/mol. The maximum absolute atomic E-state index is 12.5. The molecule has 1 aliphatic carbocycles. The molecule has 2 amide bonds. The number of benzene rings is 1. The number of para-hydroxylation sites is 1. The van der Waals surface area contributed by atoms with Crippen LogP contribution in [0.25, 0.3) is 0 Å². The normalized spacial score (nSPS) is 20.6. The highest BCUT2D eigenvalue weighted by atomic mass is 16.5. The van der Waals surface area contributed by atoms with Crippen LogP contribution in [0.2, 0.25) is 0 Å². The molecule has 1 saturated carbocycles. The Morgan fingerprint density at radius 1 is 1.08 bits per heavy atom. The van der Waals surface area contributed by atoms with Crippen molar-refractivity contribution in [3.63, 3.8) is 0 Å². The topological polar surface area (TPSA) is 67.4 Å². The lowest BCUT2D eigenvalue weighted by atomic mass is 10.0. The van der Waals surface area contributed by atoms with Gasteiger partial charge in [-0.2, -0.15) is 0 Å². The van der Waals surface area contributed by atoms with Gasteiger partial charge in [-0.15, -0.1) is 0 Å². The van der Waals surface area contributed by atoms with Gasteiger partial charge < -0.3 is 15.4 Å². The Kier molecular flexibility index (Phi) is 6.45. The van der Waals surface area contributed by atoms with Gasteiger partial charge in [0.25, 0.3) is 5.91 Å². The van der Waals surface area contributed by atoms with Crippen LogP contribution in [0.3, 0.4) is 0 Å². The van der Waals surface area contributed by atoms with Gasteiger partial charge in [-0.1, -0.05) is 37.8 Å². The first kappa shape index (κ1) is 17.9. The molecule has 0 aromatic heterocycles. The van der Waals surface area contributed by atoms with E-state index in [1.807, 2.05) is 12.1 Å². The zero-order valence-electron chi connectivity index (χ0n) is 14.8. The van der Waals surface area contributed by atoms with Crippen molar-refractivity contribution in [3.8, 4) is 0 Å². The zero-order chi connectivity index (χ0) is 17.5. The molecule has 0 spiro atoms. The highest BCUT2D eigenvalue weighted by Gasteiger charge is 2.19. The molecule has 0 bridgehead atoms. The summed E-state index contributed by atoms with van der Waals surface area (Å²) >= 11 is 0. The highest BCUT2D eigenvalue weighted by Crippen LogP contribution is 2.28. The minimum atomic E-state index is -0.165. The van der Waals surface area contributed by atoms with E-state index in [-0.39, 0.29) is 17.9 Å². The monoisotopic (exact) mass is 344 g/mol. The first-order valence-electron chi connectivity index (χ1n) is 9.51. The minimum absolute atomic E-state index is 0.00808. The number of anilines is 1. The van der Waals surface area contributed by atoms with Gasteiger partial charge in [0.05, 0.1) is 17.4 Å². The summed E-state index contributed by atoms with van der Waals surface area (Å²) in [5.74, 6) is 0.518. The molecule has 0 radical (unpaired) electrons. The molecule has 1 aliphatic heterocycles. The summed E-state index contributed by atoms with van der Waals surface area (Å²) in [7, 11) is 0. The molecule has 1 heterocycles. The maximum atomic E-state index is 12.5. The molecule has 2 N–H and O–H groups in total. The van der Waals surface area contributed by atoms with Crippen molar-refractivity contribution < 1.29 is 14.3 Å². The summed E-state index contributed by atoms with van der Waals surface area (Å²) < 4.78 is 5.53. The Morgan fingerprint density at radius 3 is 2.64 bits per heavy atom. The summed E-state index contributed by atoms with van der Waals surface area (Å²) in [6, 6.07) is 7.19. The SMILES string of the molecule is O=C(CCC1CCCC1)Nc1ccccc1C(=O)NCC1CCCO1. The Morgan fingerprint density at radius 2 is 1.88 bits per heavy atom. The van der Waals surface area contributed by atoms with Gasteiger partial charge in [-0.3, -0.25) is 9.59 Å². The van der Waals surface area contributed by atoms with Crippen LogP contribution in [0.4, 0.5) is 5.69 Å². The molecule has 1 aromatic carbocycles. The maximum Gasteiger partial charge on any atom is 0.253 e. The molecule has 1 aromatic rings. The van der Waals surface area contributed by atoms with E-state index >= 15 is 0 Å². The van der Waals surface area contributed by atoms with Gasteiger partial charge in [-0.25, -0.2) is 0 Å². The van der Waals surface area contributed by atoms with Gasteiger partial charge in [0.1, 0.15) is 0 Å². The number of amides is 2. The van der Waals surface area contributed by atoms with Gasteiger partial charge in [0, 0.05) is 19.6 Å². The molecule has 1 saturated heterocycles. The van der Waals surface area contributed by atoms with Crippen LogP contribution in [0, 0.1) is 5.92 Å². The van der Waals surface area contributed by atoms with Crippen molar-refractivity contribution in [1.29, 1.82) is 0 Å². The number of hydrogen-bond acceptors (Lipinski definition) is 3. The van der Waals surface area contributed by atoms with Crippen molar-refractivity contribution in [2.24, 2.45) is 5.92 Å². The summed E-state index contributed by atoms with van der Waals surface area (Å²) in [6.07, 6.45) is 8.69. The first-order chi connectivity index (χ1) is 12.2. The van der Waals surface area contributed by atoms with Crippen molar-refractivity contribution in [1.82, 2.24) is 5.32 Å². The molecule has 25 heavy (non-hydrogen) atoms. The molecule has 3 rings (SSSR count). The van der Waals surface area contributed by atoms with Crippen molar-refractivity contribution in [3.05, 3.63) is 29.8 Å². The molecule has 2 fully saturated rings. The fraction of sp³-hybridized carbons (Fsp3) is 0.600. The molecule has 5 nitrogen and oxygen atoms in total. The molecule has 5 heteroatoms. The second-order valence-electron chi connectivity index (χ2n) is 7.13. The molecule has 2 aliphatic rings. The van der Waals surface area contributed by atoms with Crippen LogP contribution in [0.5, 0.6) is 0 Å². The van der Waals surface area contributed by atoms with E-state index < -0.39 is 0 Å². The smallest absolute Gasteiger partial charge is 0.253 e. The number of carbonyl (C=O) groups is 2. The van der Waals surface area contributed by atoms with Gasteiger partial charge in [0.15, 0.2) is 0 Å². The van der Waals surface area contributed by atoms with Gasteiger partial charge >= 0.3 is 0 Å². The molecule has 136 valence electrons. The molecule has 1 atom stereocenters. The van der Waals surface area contributed by atoms with E-state index in [1.54, 1.807) is 12.1 Å². The number of rotatable bonds is 7. The Balaban J connectivity index is 1.52. The van der Waals surface area contributed by atoms with E-state index in [9.17, 15) is 9.59 Å². The third-order valence-electron chi connectivity index (χ3n) is 5.21. The van der Waals surface area contributed by atoms with Gasteiger partial charge in [-0.05, 0) is 37.3 Å². The van der Waals surface area contributed by atoms with Crippen LogP contribution in [0.15, 0.2) is 24.3 Å². The van der Waals surface area contributed by atoms with E-state index in [1.165, 1.54) is 25.7 Å². The first-order valence-corrected chi connectivity index (χ1v) is 9.51. The number of ether oxygens (including phenoxy) is 1. The zero-order valence-corrected chi connectivity index (χ0v) is 14.8. The standard InChI is InChI=1S/C20H28N2O3/c23-19(12-11-15-6-1-2-7-15)22-18-10-4-3-9-17(18)20(24)21-14-16-8-5-13-25-16/h3-4,9-10,15-16H,1-2,5-8,11-14H2,(H,21,24)(H,22,23). The lowest BCUT2D eigenvalue weighted by Crippen LogP contribution is -2.32. The summed E-state index contributed by atoms with van der Waals surface area (Å²) in [6.45, 7) is 1.29. The summed E-state index contributed by atoms with van der Waals surface area (Å²) in [4.78, 5) is 24.7. The van der Waals surface area contributed by atoms with Crippen LogP contribution >= 0.6 is 0 Å². The number of carbonyl (C=O) groups excluding carboxylic acids is 2.